The van der Waals surface area contributed by atoms with Gasteiger partial charge >= 0.3 is 0 Å². The minimum Gasteiger partial charge on any atom is -0.363 e. The average molecular weight is 308 g/mol. The zero-order valence-electron chi connectivity index (χ0n) is 12.2. The van der Waals surface area contributed by atoms with Crippen LogP contribution >= 0.6 is 0 Å². The Morgan fingerprint density at radius 3 is 2.76 bits per heavy atom. The summed E-state index contributed by atoms with van der Waals surface area (Å²) in [4.78, 5) is 7.35. The number of sulfonamides is 1. The van der Waals surface area contributed by atoms with E-state index in [-0.39, 0.29) is 11.4 Å². The first kappa shape index (κ1) is 15.7. The number of nitrogens with zero attached hydrogens (tertiary/aromatic N) is 1. The number of H-pyrrole nitrogens is 1. The third kappa shape index (κ3) is 4.38. The Morgan fingerprint density at radius 1 is 1.29 bits per heavy atom. The predicted octanol–water partition coefficient (Wildman–Crippen LogP) is 1.31. The minimum atomic E-state index is -3.51. The number of rotatable bonds is 7. The third-order valence-electron chi connectivity index (χ3n) is 3.03. The molecule has 0 aliphatic heterocycles. The van der Waals surface area contributed by atoms with Crippen molar-refractivity contribution in [3.63, 3.8) is 0 Å². The molecule has 21 heavy (non-hydrogen) atoms. The summed E-state index contributed by atoms with van der Waals surface area (Å²) in [6, 6.07) is 5.35. The number of aromatic amines is 1. The highest BCUT2D eigenvalue weighted by molar-refractivity contribution is 7.89. The van der Waals surface area contributed by atoms with Crippen LogP contribution in [-0.4, -0.2) is 24.9 Å². The first-order chi connectivity index (χ1) is 10.0. The highest BCUT2D eigenvalue weighted by Crippen LogP contribution is 2.11. The maximum atomic E-state index is 12.2. The second-order valence-electron chi connectivity index (χ2n) is 4.77. The van der Waals surface area contributed by atoms with Gasteiger partial charge in [0.05, 0.1) is 4.90 Å². The Hall–Kier alpha value is -1.70. The van der Waals surface area contributed by atoms with Crippen LogP contribution in [0.5, 0.6) is 0 Å². The summed E-state index contributed by atoms with van der Waals surface area (Å²) >= 11 is 0. The molecule has 2 heterocycles. The summed E-state index contributed by atoms with van der Waals surface area (Å²) in [6.07, 6.45) is 3.17. The highest BCUT2D eigenvalue weighted by atomic mass is 32.2. The zero-order chi connectivity index (χ0) is 15.3. The first-order valence-corrected chi connectivity index (χ1v) is 8.29. The van der Waals surface area contributed by atoms with Crippen molar-refractivity contribution < 1.29 is 8.42 Å². The summed E-state index contributed by atoms with van der Waals surface area (Å²) in [5, 5.41) is 3.14. The lowest BCUT2D eigenvalue weighted by Gasteiger charge is -2.05. The maximum absolute atomic E-state index is 12.2. The molecule has 0 atom stereocenters. The van der Waals surface area contributed by atoms with Gasteiger partial charge in [-0.05, 0) is 31.2 Å². The molecule has 0 spiro atoms. The van der Waals surface area contributed by atoms with Crippen molar-refractivity contribution in [3.8, 4) is 0 Å². The lowest BCUT2D eigenvalue weighted by atomic mass is 10.2. The Kier molecular flexibility index (Phi) is 5.11. The van der Waals surface area contributed by atoms with E-state index in [9.17, 15) is 8.42 Å². The van der Waals surface area contributed by atoms with E-state index in [0.717, 1.165) is 23.5 Å². The standard InChI is InChI=1S/C14H20N4O2S/c1-3-15-9-13-6-14(10-17-13)21(19,20)18-8-12-5-4-11(2)16-7-12/h4-7,10,15,17-18H,3,8-9H2,1-2H3. The fraction of sp³-hybridized carbons (Fsp3) is 0.357. The van der Waals surface area contributed by atoms with Crippen molar-refractivity contribution in [2.75, 3.05) is 6.54 Å². The molecule has 0 aromatic carbocycles. The summed E-state index contributed by atoms with van der Waals surface area (Å²) in [5.74, 6) is 0. The minimum absolute atomic E-state index is 0.226. The molecule has 0 unspecified atom stereocenters. The monoisotopic (exact) mass is 308 g/mol. The Bertz CT molecular complexity index is 677. The van der Waals surface area contributed by atoms with Crippen LogP contribution in [0.3, 0.4) is 0 Å². The molecule has 7 heteroatoms. The second kappa shape index (κ2) is 6.84. The molecule has 3 N–H and O–H groups in total. The predicted molar refractivity (Wildman–Crippen MR) is 81.2 cm³/mol. The number of nitrogens with one attached hydrogen (secondary N) is 3. The Labute approximate surface area is 125 Å². The lowest BCUT2D eigenvalue weighted by Crippen LogP contribution is -2.23. The molecule has 2 aromatic heterocycles. The van der Waals surface area contributed by atoms with Gasteiger partial charge in [0.25, 0.3) is 0 Å². The molecule has 0 bridgehead atoms. The molecule has 0 radical (unpaired) electrons. The van der Waals surface area contributed by atoms with Gasteiger partial charge in [0.15, 0.2) is 0 Å². The van der Waals surface area contributed by atoms with Crippen LogP contribution in [0.15, 0.2) is 35.5 Å². The molecular formula is C14H20N4O2S. The van der Waals surface area contributed by atoms with Gasteiger partial charge in [0.1, 0.15) is 0 Å². The van der Waals surface area contributed by atoms with Crippen molar-refractivity contribution >= 4 is 10.0 Å². The van der Waals surface area contributed by atoms with Gasteiger partial charge in [0, 0.05) is 36.9 Å². The first-order valence-electron chi connectivity index (χ1n) is 6.80. The van der Waals surface area contributed by atoms with Crippen molar-refractivity contribution in [1.29, 1.82) is 0 Å². The van der Waals surface area contributed by atoms with Gasteiger partial charge in [-0.1, -0.05) is 13.0 Å². The molecule has 0 aliphatic carbocycles. The van der Waals surface area contributed by atoms with Gasteiger partial charge in [-0.15, -0.1) is 0 Å². The van der Waals surface area contributed by atoms with Crippen molar-refractivity contribution in [2.45, 2.75) is 31.8 Å². The van der Waals surface area contributed by atoms with Gasteiger partial charge in [-0.25, -0.2) is 13.1 Å². The van der Waals surface area contributed by atoms with Gasteiger partial charge in [-0.2, -0.15) is 0 Å². The van der Waals surface area contributed by atoms with Gasteiger partial charge < -0.3 is 10.3 Å². The Balaban J connectivity index is 2.00. The molecule has 0 saturated heterocycles. The quantitative estimate of drug-likeness (QED) is 0.719. The lowest BCUT2D eigenvalue weighted by molar-refractivity contribution is 0.581. The second-order valence-corrected chi connectivity index (χ2v) is 6.54. The summed E-state index contributed by atoms with van der Waals surface area (Å²) < 4.78 is 26.9. The SMILES string of the molecule is CCNCc1cc(S(=O)(=O)NCc2ccc(C)nc2)c[nH]1. The van der Waals surface area contributed by atoms with E-state index >= 15 is 0 Å². The highest BCUT2D eigenvalue weighted by Gasteiger charge is 2.15. The normalized spacial score (nSPS) is 11.7. The molecule has 114 valence electrons. The van der Waals surface area contributed by atoms with Crippen LogP contribution in [0.4, 0.5) is 0 Å². The molecule has 0 aliphatic rings. The van der Waals surface area contributed by atoms with E-state index in [4.69, 9.17) is 0 Å². The van der Waals surface area contributed by atoms with E-state index in [1.807, 2.05) is 26.0 Å². The van der Waals surface area contributed by atoms with Crippen molar-refractivity contribution in [3.05, 3.63) is 47.5 Å². The van der Waals surface area contributed by atoms with E-state index in [1.165, 1.54) is 6.20 Å². The van der Waals surface area contributed by atoms with Crippen LogP contribution in [-0.2, 0) is 23.1 Å². The molecule has 2 rings (SSSR count). The average Bonchev–Trinajstić information content (AvgIpc) is 2.94. The van der Waals surface area contributed by atoms with Crippen LogP contribution < -0.4 is 10.0 Å². The number of pyridine rings is 1. The number of hydrogen-bond donors (Lipinski definition) is 3. The van der Waals surface area contributed by atoms with E-state index < -0.39 is 10.0 Å². The van der Waals surface area contributed by atoms with Crippen molar-refractivity contribution in [2.24, 2.45) is 0 Å². The smallest absolute Gasteiger partial charge is 0.242 e. The summed E-state index contributed by atoms with van der Waals surface area (Å²) in [5.41, 5.74) is 2.57. The number of aromatic nitrogens is 2. The Morgan fingerprint density at radius 2 is 2.10 bits per heavy atom. The van der Waals surface area contributed by atoms with Crippen LogP contribution in [0.1, 0.15) is 23.9 Å². The summed E-state index contributed by atoms with van der Waals surface area (Å²) in [6.45, 7) is 5.56. The number of hydrogen-bond acceptors (Lipinski definition) is 4. The maximum Gasteiger partial charge on any atom is 0.242 e. The molecule has 0 fully saturated rings. The van der Waals surface area contributed by atoms with Gasteiger partial charge in [-0.3, -0.25) is 4.98 Å². The van der Waals surface area contributed by atoms with E-state index in [1.54, 1.807) is 12.3 Å². The molecular weight excluding hydrogens is 288 g/mol. The van der Waals surface area contributed by atoms with E-state index in [0.29, 0.717) is 6.54 Å². The topological polar surface area (TPSA) is 86.9 Å². The van der Waals surface area contributed by atoms with Crippen LogP contribution in [0.2, 0.25) is 0 Å². The molecule has 0 amide bonds. The molecule has 6 nitrogen and oxygen atoms in total. The molecule has 2 aromatic rings. The zero-order valence-corrected chi connectivity index (χ0v) is 13.0. The summed E-state index contributed by atoms with van der Waals surface area (Å²) in [7, 11) is -3.51. The largest absolute Gasteiger partial charge is 0.363 e. The van der Waals surface area contributed by atoms with Crippen LogP contribution in [0, 0.1) is 6.92 Å². The fourth-order valence-corrected chi connectivity index (χ4v) is 2.84. The van der Waals surface area contributed by atoms with Crippen LogP contribution in [0.25, 0.3) is 0 Å². The molecule has 0 saturated carbocycles. The van der Waals surface area contributed by atoms with Gasteiger partial charge in [0.2, 0.25) is 10.0 Å². The number of aryl methyl sites for hydroxylation is 1. The van der Waals surface area contributed by atoms with E-state index in [2.05, 4.69) is 20.0 Å². The van der Waals surface area contributed by atoms with Crippen molar-refractivity contribution in [1.82, 2.24) is 20.0 Å². The fourth-order valence-electron chi connectivity index (χ4n) is 1.80. The third-order valence-corrected chi connectivity index (χ3v) is 4.41.